The minimum absolute atomic E-state index is 0.202. The molecule has 2 unspecified atom stereocenters. The number of amides is 2. The zero-order chi connectivity index (χ0) is 21.6. The number of rotatable bonds is 5. The van der Waals surface area contributed by atoms with Crippen LogP contribution < -0.4 is 11.1 Å². The van der Waals surface area contributed by atoms with Crippen molar-refractivity contribution in [2.45, 2.75) is 19.3 Å². The summed E-state index contributed by atoms with van der Waals surface area (Å²) in [6.45, 7) is 1.86. The van der Waals surface area contributed by atoms with Crippen LogP contribution in [0, 0.1) is 30.3 Å². The molecule has 1 aliphatic rings. The largest absolute Gasteiger partial charge is 0.366 e. The number of aryl methyl sites for hydroxylation is 1. The van der Waals surface area contributed by atoms with E-state index < -0.39 is 41.1 Å². The monoisotopic (exact) mass is 414 g/mol. The van der Waals surface area contributed by atoms with Crippen molar-refractivity contribution in [2.75, 3.05) is 5.32 Å². The Balaban J connectivity index is 1.59. The molecule has 9 heteroatoms. The van der Waals surface area contributed by atoms with E-state index in [0.717, 1.165) is 17.7 Å². The molecule has 1 heterocycles. The van der Waals surface area contributed by atoms with E-state index >= 15 is 0 Å². The molecule has 1 saturated carbocycles. The molecule has 4 rings (SSSR count). The Morgan fingerprint density at radius 3 is 2.47 bits per heavy atom. The van der Waals surface area contributed by atoms with Gasteiger partial charge in [-0.2, -0.15) is 5.10 Å². The lowest BCUT2D eigenvalue weighted by atomic mass is 10.1. The maximum atomic E-state index is 13.5. The molecular formula is C21H17F3N4O2. The fourth-order valence-electron chi connectivity index (χ4n) is 3.40. The van der Waals surface area contributed by atoms with Crippen molar-refractivity contribution in [3.8, 4) is 5.69 Å². The molecule has 1 fully saturated rings. The number of nitrogens with one attached hydrogen (secondary N) is 1. The number of carbonyl (C=O) groups excluding carboxylic acids is 2. The van der Waals surface area contributed by atoms with Gasteiger partial charge >= 0.3 is 0 Å². The summed E-state index contributed by atoms with van der Waals surface area (Å²) in [5.74, 6) is -6.14. The first-order valence-corrected chi connectivity index (χ1v) is 9.15. The zero-order valence-corrected chi connectivity index (χ0v) is 15.8. The number of primary amides is 1. The first-order valence-electron chi connectivity index (χ1n) is 9.15. The summed E-state index contributed by atoms with van der Waals surface area (Å²) in [5, 5.41) is 6.96. The lowest BCUT2D eigenvalue weighted by Crippen LogP contribution is -2.18. The maximum absolute atomic E-state index is 13.5. The van der Waals surface area contributed by atoms with E-state index in [9.17, 15) is 22.8 Å². The lowest BCUT2D eigenvalue weighted by molar-refractivity contribution is -0.117. The van der Waals surface area contributed by atoms with Crippen LogP contribution in [0.5, 0.6) is 0 Å². The van der Waals surface area contributed by atoms with Crippen molar-refractivity contribution >= 4 is 17.5 Å². The van der Waals surface area contributed by atoms with Gasteiger partial charge in [-0.25, -0.2) is 17.9 Å². The van der Waals surface area contributed by atoms with Gasteiger partial charge in [0.15, 0.2) is 17.5 Å². The standard InChI is InChI=1S/C21H17F3N4O2/c1-10-8-26-28(9-10)18-3-2-11(20(25)29)6-17(18)27-21(30)14-7-13(14)12-4-15(22)19(24)16(23)5-12/h2-6,8-9,13-14H,7H2,1H3,(H2,25,29)(H,27,30). The number of nitrogens with two attached hydrogens (primary N) is 1. The Bertz CT molecular complexity index is 1150. The third-order valence-electron chi connectivity index (χ3n) is 5.06. The van der Waals surface area contributed by atoms with Crippen LogP contribution in [0.1, 0.15) is 33.8 Å². The highest BCUT2D eigenvalue weighted by atomic mass is 19.2. The van der Waals surface area contributed by atoms with Crippen LogP contribution >= 0.6 is 0 Å². The molecule has 1 aromatic heterocycles. The normalized spacial score (nSPS) is 17.6. The molecule has 1 aliphatic carbocycles. The van der Waals surface area contributed by atoms with Gasteiger partial charge in [0.25, 0.3) is 0 Å². The summed E-state index contributed by atoms with van der Waals surface area (Å²) in [5.41, 5.74) is 7.51. The van der Waals surface area contributed by atoms with Crippen LogP contribution in [0.2, 0.25) is 0 Å². The lowest BCUT2D eigenvalue weighted by Gasteiger charge is -2.13. The van der Waals surface area contributed by atoms with Crippen molar-refractivity contribution in [1.82, 2.24) is 9.78 Å². The summed E-state index contributed by atoms with van der Waals surface area (Å²) in [6.07, 6.45) is 3.75. The second-order valence-corrected chi connectivity index (χ2v) is 7.29. The van der Waals surface area contributed by atoms with E-state index in [4.69, 9.17) is 5.73 Å². The summed E-state index contributed by atoms with van der Waals surface area (Å²) in [7, 11) is 0. The van der Waals surface area contributed by atoms with Gasteiger partial charge in [0.05, 0.1) is 17.6 Å². The molecule has 0 spiro atoms. The SMILES string of the molecule is Cc1cnn(-c2ccc(C(N)=O)cc2NC(=O)C2CC2c2cc(F)c(F)c(F)c2)c1. The molecule has 0 saturated heterocycles. The van der Waals surface area contributed by atoms with Crippen molar-refractivity contribution in [1.29, 1.82) is 0 Å². The van der Waals surface area contributed by atoms with Crippen LogP contribution in [0.3, 0.4) is 0 Å². The average molecular weight is 414 g/mol. The van der Waals surface area contributed by atoms with Gasteiger partial charge in [0, 0.05) is 17.7 Å². The summed E-state index contributed by atoms with van der Waals surface area (Å²) < 4.78 is 41.7. The van der Waals surface area contributed by atoms with Crippen molar-refractivity contribution in [3.63, 3.8) is 0 Å². The zero-order valence-electron chi connectivity index (χ0n) is 15.8. The molecule has 30 heavy (non-hydrogen) atoms. The molecule has 0 radical (unpaired) electrons. The minimum atomic E-state index is -1.54. The number of anilines is 1. The van der Waals surface area contributed by atoms with Gasteiger partial charge in [0.1, 0.15) is 0 Å². The van der Waals surface area contributed by atoms with Gasteiger partial charge in [-0.15, -0.1) is 0 Å². The second-order valence-electron chi connectivity index (χ2n) is 7.29. The molecule has 0 bridgehead atoms. The van der Waals surface area contributed by atoms with Crippen LogP contribution in [-0.4, -0.2) is 21.6 Å². The number of hydrogen-bond donors (Lipinski definition) is 2. The van der Waals surface area contributed by atoms with Gasteiger partial charge in [-0.1, -0.05) is 0 Å². The van der Waals surface area contributed by atoms with Gasteiger partial charge in [0.2, 0.25) is 11.8 Å². The summed E-state index contributed by atoms with van der Waals surface area (Å²) >= 11 is 0. The Kier molecular flexibility index (Phi) is 4.81. The highest BCUT2D eigenvalue weighted by Crippen LogP contribution is 2.48. The number of halogens is 3. The highest BCUT2D eigenvalue weighted by molar-refractivity contribution is 6.00. The molecule has 2 atom stereocenters. The molecule has 6 nitrogen and oxygen atoms in total. The van der Waals surface area contributed by atoms with Crippen molar-refractivity contribution in [2.24, 2.45) is 11.7 Å². The number of benzene rings is 2. The van der Waals surface area contributed by atoms with Crippen LogP contribution in [0.25, 0.3) is 5.69 Å². The second kappa shape index (κ2) is 7.33. The fourth-order valence-corrected chi connectivity index (χ4v) is 3.40. The Morgan fingerprint density at radius 1 is 1.17 bits per heavy atom. The Morgan fingerprint density at radius 2 is 1.87 bits per heavy atom. The van der Waals surface area contributed by atoms with Crippen LogP contribution in [0.4, 0.5) is 18.9 Å². The topological polar surface area (TPSA) is 90.0 Å². The fraction of sp³-hybridized carbons (Fsp3) is 0.190. The van der Waals surface area contributed by atoms with E-state index in [-0.39, 0.29) is 11.1 Å². The third-order valence-corrected chi connectivity index (χ3v) is 5.06. The van der Waals surface area contributed by atoms with E-state index in [1.807, 2.05) is 6.92 Å². The average Bonchev–Trinajstić information content (AvgIpc) is 3.40. The summed E-state index contributed by atoms with van der Waals surface area (Å²) in [4.78, 5) is 24.3. The highest BCUT2D eigenvalue weighted by Gasteiger charge is 2.44. The molecule has 0 aliphatic heterocycles. The quantitative estimate of drug-likeness (QED) is 0.627. The Labute approximate surface area is 169 Å². The van der Waals surface area contributed by atoms with Crippen LogP contribution in [-0.2, 0) is 4.79 Å². The predicted octanol–water partition coefficient (Wildman–Crippen LogP) is 3.44. The molecular weight excluding hydrogens is 397 g/mol. The summed E-state index contributed by atoms with van der Waals surface area (Å²) in [6, 6.07) is 6.39. The smallest absolute Gasteiger partial charge is 0.248 e. The van der Waals surface area contributed by atoms with Crippen LogP contribution in [0.15, 0.2) is 42.7 Å². The number of nitrogens with zero attached hydrogens (tertiary/aromatic N) is 2. The van der Waals surface area contributed by atoms with Gasteiger partial charge in [-0.3, -0.25) is 9.59 Å². The van der Waals surface area contributed by atoms with E-state index in [0.29, 0.717) is 17.8 Å². The molecule has 2 amide bonds. The number of aromatic nitrogens is 2. The van der Waals surface area contributed by atoms with E-state index in [2.05, 4.69) is 10.4 Å². The number of hydrogen-bond acceptors (Lipinski definition) is 3. The first-order chi connectivity index (χ1) is 14.2. The van der Waals surface area contributed by atoms with Crippen molar-refractivity contribution in [3.05, 3.63) is 76.9 Å². The number of carbonyl (C=O) groups is 2. The Hall–Kier alpha value is -3.62. The first kappa shape index (κ1) is 19.7. The maximum Gasteiger partial charge on any atom is 0.248 e. The molecule has 3 aromatic rings. The van der Waals surface area contributed by atoms with Crippen molar-refractivity contribution < 1.29 is 22.8 Å². The van der Waals surface area contributed by atoms with Gasteiger partial charge in [-0.05, 0) is 60.7 Å². The van der Waals surface area contributed by atoms with E-state index in [1.54, 1.807) is 23.1 Å². The van der Waals surface area contributed by atoms with E-state index in [1.165, 1.54) is 12.1 Å². The van der Waals surface area contributed by atoms with Gasteiger partial charge < -0.3 is 11.1 Å². The molecule has 2 aromatic carbocycles. The molecule has 154 valence electrons. The molecule has 3 N–H and O–H groups in total. The third kappa shape index (κ3) is 3.66. The predicted molar refractivity (Wildman–Crippen MR) is 103 cm³/mol. The minimum Gasteiger partial charge on any atom is -0.366 e.